The summed E-state index contributed by atoms with van der Waals surface area (Å²) in [5, 5.41) is 2.65. The van der Waals surface area contributed by atoms with Crippen LogP contribution in [0.2, 0.25) is 0 Å². The van der Waals surface area contributed by atoms with Crippen molar-refractivity contribution in [1.29, 1.82) is 0 Å². The van der Waals surface area contributed by atoms with Gasteiger partial charge in [0.1, 0.15) is 5.76 Å². The molecule has 0 aliphatic heterocycles. The summed E-state index contributed by atoms with van der Waals surface area (Å²) in [6.45, 7) is 4.93. The Morgan fingerprint density at radius 3 is 2.89 bits per heavy atom. The number of furan rings is 1. The molecule has 0 saturated heterocycles. The maximum absolute atomic E-state index is 11.3. The fourth-order valence-corrected chi connectivity index (χ4v) is 1.74. The molecule has 0 radical (unpaired) electrons. The lowest BCUT2D eigenvalue weighted by Gasteiger charge is -2.24. The largest absolute Gasteiger partial charge is 0.465 e. The number of hydrogen-bond acceptors (Lipinski definition) is 3. The maximum atomic E-state index is 11.3. The van der Waals surface area contributed by atoms with Gasteiger partial charge in [0.2, 0.25) is 5.91 Å². The Balaban J connectivity index is 2.48. The van der Waals surface area contributed by atoms with E-state index >= 15 is 0 Å². The van der Waals surface area contributed by atoms with Crippen LogP contribution in [0.5, 0.6) is 0 Å². The first kappa shape index (κ1) is 14.5. The molecule has 0 spiro atoms. The van der Waals surface area contributed by atoms with E-state index in [1.54, 1.807) is 13.3 Å². The summed E-state index contributed by atoms with van der Waals surface area (Å²) >= 11 is 0. The van der Waals surface area contributed by atoms with Gasteiger partial charge in [-0.1, -0.05) is 5.57 Å². The summed E-state index contributed by atoms with van der Waals surface area (Å²) in [7, 11) is 3.68. The van der Waals surface area contributed by atoms with Gasteiger partial charge in [-0.15, -0.1) is 0 Å². The Morgan fingerprint density at radius 2 is 2.33 bits per heavy atom. The van der Waals surface area contributed by atoms with Crippen molar-refractivity contribution in [3.05, 3.63) is 29.7 Å². The van der Waals surface area contributed by atoms with Crippen LogP contribution in [0.3, 0.4) is 0 Å². The predicted octanol–water partition coefficient (Wildman–Crippen LogP) is 2.14. The highest BCUT2D eigenvalue weighted by Gasteiger charge is 2.13. The van der Waals surface area contributed by atoms with Gasteiger partial charge in [0, 0.05) is 26.1 Å². The highest BCUT2D eigenvalue weighted by atomic mass is 16.3. The predicted molar refractivity (Wildman–Crippen MR) is 73.1 cm³/mol. The minimum Gasteiger partial charge on any atom is -0.465 e. The topological polar surface area (TPSA) is 45.5 Å². The van der Waals surface area contributed by atoms with Crippen LogP contribution in [-0.2, 0) is 4.79 Å². The highest BCUT2D eigenvalue weighted by Crippen LogP contribution is 2.10. The second kappa shape index (κ2) is 7.01. The van der Waals surface area contributed by atoms with Crippen molar-refractivity contribution in [3.8, 4) is 0 Å². The molecule has 0 aliphatic carbocycles. The molecule has 1 rings (SSSR count). The van der Waals surface area contributed by atoms with Crippen LogP contribution in [0, 0.1) is 0 Å². The molecule has 0 saturated carbocycles. The van der Waals surface area contributed by atoms with Crippen molar-refractivity contribution in [2.24, 2.45) is 0 Å². The van der Waals surface area contributed by atoms with Gasteiger partial charge in [-0.2, -0.15) is 0 Å². The Bertz CT molecular complexity index is 396. The number of carbonyl (C=O) groups is 1. The molecule has 1 heterocycles. The number of carbonyl (C=O) groups excluding carboxylic acids is 1. The zero-order valence-corrected chi connectivity index (χ0v) is 11.6. The molecule has 1 aromatic heterocycles. The molecule has 4 nitrogen and oxygen atoms in total. The van der Waals surface area contributed by atoms with E-state index < -0.39 is 0 Å². The minimum absolute atomic E-state index is 0.0713. The molecule has 0 aliphatic rings. The molecule has 1 aromatic rings. The molecule has 18 heavy (non-hydrogen) atoms. The summed E-state index contributed by atoms with van der Waals surface area (Å²) in [6, 6.07) is 4.01. The molecule has 0 unspecified atom stereocenters. The van der Waals surface area contributed by atoms with Crippen LogP contribution in [-0.4, -0.2) is 37.5 Å². The van der Waals surface area contributed by atoms with Crippen LogP contribution in [0.25, 0.3) is 6.08 Å². The van der Waals surface area contributed by atoms with Crippen molar-refractivity contribution in [2.75, 3.05) is 20.6 Å². The Hall–Kier alpha value is -1.55. The molecule has 4 heteroatoms. The van der Waals surface area contributed by atoms with E-state index in [0.29, 0.717) is 6.42 Å². The monoisotopic (exact) mass is 250 g/mol. The van der Waals surface area contributed by atoms with E-state index in [9.17, 15) is 4.79 Å². The molecule has 0 fully saturated rings. The lowest BCUT2D eigenvalue weighted by atomic mass is 10.1. The van der Waals surface area contributed by atoms with Crippen molar-refractivity contribution >= 4 is 12.0 Å². The summed E-state index contributed by atoms with van der Waals surface area (Å²) in [4.78, 5) is 13.5. The SMILES string of the molecule is CNC(=O)C[C@H](C)N(C)C/C(C)=C/c1ccco1. The number of rotatable bonds is 6. The van der Waals surface area contributed by atoms with Crippen molar-refractivity contribution in [2.45, 2.75) is 26.3 Å². The van der Waals surface area contributed by atoms with Crippen molar-refractivity contribution < 1.29 is 9.21 Å². The average molecular weight is 250 g/mol. The second-order valence-electron chi connectivity index (χ2n) is 4.65. The number of nitrogens with zero attached hydrogens (tertiary/aromatic N) is 1. The fourth-order valence-electron chi connectivity index (χ4n) is 1.74. The summed E-state index contributed by atoms with van der Waals surface area (Å²) in [6.07, 6.45) is 4.20. The molecule has 0 aromatic carbocycles. The third kappa shape index (κ3) is 4.75. The molecule has 100 valence electrons. The first-order valence-electron chi connectivity index (χ1n) is 6.14. The third-order valence-corrected chi connectivity index (χ3v) is 2.94. The summed E-state index contributed by atoms with van der Waals surface area (Å²) in [5.41, 5.74) is 1.20. The maximum Gasteiger partial charge on any atom is 0.221 e. The van der Waals surface area contributed by atoms with Crippen LogP contribution in [0.4, 0.5) is 0 Å². The van der Waals surface area contributed by atoms with Crippen molar-refractivity contribution in [3.63, 3.8) is 0 Å². The van der Waals surface area contributed by atoms with E-state index in [2.05, 4.69) is 24.1 Å². The Labute approximate surface area is 109 Å². The van der Waals surface area contributed by atoms with Gasteiger partial charge in [0.15, 0.2) is 0 Å². The lowest BCUT2D eigenvalue weighted by molar-refractivity contribution is -0.121. The molecule has 1 amide bonds. The van der Waals surface area contributed by atoms with Crippen LogP contribution in [0.1, 0.15) is 26.0 Å². The third-order valence-electron chi connectivity index (χ3n) is 2.94. The summed E-state index contributed by atoms with van der Waals surface area (Å²) in [5.74, 6) is 0.932. The molecule has 1 atom stereocenters. The average Bonchev–Trinajstić information content (AvgIpc) is 2.81. The van der Waals surface area contributed by atoms with Gasteiger partial charge in [-0.25, -0.2) is 0 Å². The first-order valence-corrected chi connectivity index (χ1v) is 6.14. The number of likely N-dealkylation sites (N-methyl/N-ethyl adjacent to an activating group) is 1. The zero-order valence-electron chi connectivity index (χ0n) is 11.6. The van der Waals surface area contributed by atoms with Gasteiger partial charge < -0.3 is 9.73 Å². The van der Waals surface area contributed by atoms with Crippen LogP contribution < -0.4 is 5.32 Å². The molecular formula is C14H22N2O2. The molecule has 0 bridgehead atoms. The van der Waals surface area contributed by atoms with Gasteiger partial charge >= 0.3 is 0 Å². The van der Waals surface area contributed by atoms with Gasteiger partial charge in [-0.3, -0.25) is 9.69 Å². The van der Waals surface area contributed by atoms with Crippen LogP contribution in [0.15, 0.2) is 28.4 Å². The number of amides is 1. The number of nitrogens with one attached hydrogen (secondary N) is 1. The van der Waals surface area contributed by atoms with E-state index in [1.807, 2.05) is 25.3 Å². The van der Waals surface area contributed by atoms with E-state index in [-0.39, 0.29) is 11.9 Å². The zero-order chi connectivity index (χ0) is 13.5. The smallest absolute Gasteiger partial charge is 0.221 e. The van der Waals surface area contributed by atoms with E-state index in [4.69, 9.17) is 4.42 Å². The van der Waals surface area contributed by atoms with Gasteiger partial charge in [0.25, 0.3) is 0 Å². The summed E-state index contributed by atoms with van der Waals surface area (Å²) < 4.78 is 5.27. The molecule has 1 N–H and O–H groups in total. The quantitative estimate of drug-likeness (QED) is 0.841. The van der Waals surface area contributed by atoms with Gasteiger partial charge in [-0.05, 0) is 39.1 Å². The Morgan fingerprint density at radius 1 is 1.61 bits per heavy atom. The minimum atomic E-state index is 0.0713. The standard InChI is InChI=1S/C14H22N2O2/c1-11(8-13-6-5-7-18-13)10-16(4)12(2)9-14(17)15-3/h5-8,12H,9-10H2,1-4H3,(H,15,17)/b11-8+/t12-/m0/s1. The van der Waals surface area contributed by atoms with Gasteiger partial charge in [0.05, 0.1) is 6.26 Å². The normalized spacial score (nSPS) is 13.7. The van der Waals surface area contributed by atoms with Crippen LogP contribution >= 0.6 is 0 Å². The second-order valence-corrected chi connectivity index (χ2v) is 4.65. The Kier molecular flexibility index (Phi) is 5.65. The fraction of sp³-hybridized carbons (Fsp3) is 0.500. The lowest BCUT2D eigenvalue weighted by Crippen LogP contribution is -2.35. The highest BCUT2D eigenvalue weighted by molar-refractivity contribution is 5.76. The van der Waals surface area contributed by atoms with E-state index in [1.165, 1.54) is 5.57 Å². The van der Waals surface area contributed by atoms with E-state index in [0.717, 1.165) is 12.3 Å². The molecular weight excluding hydrogens is 228 g/mol. The number of hydrogen-bond donors (Lipinski definition) is 1. The van der Waals surface area contributed by atoms with Crippen molar-refractivity contribution in [1.82, 2.24) is 10.2 Å². The first-order chi connectivity index (χ1) is 8.52.